The second-order valence-corrected chi connectivity index (χ2v) is 6.47. The summed E-state index contributed by atoms with van der Waals surface area (Å²) in [7, 11) is 1.56. The lowest BCUT2D eigenvalue weighted by Gasteiger charge is -2.07. The van der Waals surface area contributed by atoms with Crippen molar-refractivity contribution in [2.24, 2.45) is 0 Å². The first-order valence-corrected chi connectivity index (χ1v) is 8.41. The van der Waals surface area contributed by atoms with E-state index in [0.29, 0.717) is 22.2 Å². The second kappa shape index (κ2) is 7.29. The van der Waals surface area contributed by atoms with Gasteiger partial charge in [-0.1, -0.05) is 42.1 Å². The van der Waals surface area contributed by atoms with Gasteiger partial charge in [0.2, 0.25) is 5.78 Å². The second-order valence-electron chi connectivity index (χ2n) is 5.29. The van der Waals surface area contributed by atoms with Gasteiger partial charge in [0, 0.05) is 16.0 Å². The number of carbonyl (C=O) groups is 1. The van der Waals surface area contributed by atoms with Crippen molar-refractivity contribution in [1.29, 1.82) is 5.26 Å². The molecule has 0 saturated heterocycles. The van der Waals surface area contributed by atoms with Gasteiger partial charge in [-0.3, -0.25) is 4.79 Å². The van der Waals surface area contributed by atoms with Gasteiger partial charge in [-0.15, -0.1) is 0 Å². The van der Waals surface area contributed by atoms with Crippen LogP contribution in [0.2, 0.25) is 0 Å². The first-order valence-electron chi connectivity index (χ1n) is 7.59. The van der Waals surface area contributed by atoms with Crippen LogP contribution in [0.15, 0.2) is 70.2 Å². The highest BCUT2D eigenvalue weighted by Crippen LogP contribution is 2.44. The summed E-state index contributed by atoms with van der Waals surface area (Å²) < 4.78 is 10.9. The van der Waals surface area contributed by atoms with E-state index in [0.717, 1.165) is 10.5 Å². The van der Waals surface area contributed by atoms with Gasteiger partial charge in [0.05, 0.1) is 7.11 Å². The topological polar surface area (TPSA) is 59.3 Å². The third-order valence-electron chi connectivity index (χ3n) is 3.69. The Morgan fingerprint density at radius 2 is 1.80 bits per heavy atom. The number of rotatable bonds is 4. The predicted molar refractivity (Wildman–Crippen MR) is 97.7 cm³/mol. The van der Waals surface area contributed by atoms with E-state index >= 15 is 0 Å². The Morgan fingerprint density at radius 1 is 1.12 bits per heavy atom. The average Bonchev–Trinajstić information content (AvgIpc) is 3.04. The molecular formula is C20H15NO3S. The fraction of sp³-hybridized carbons (Fsp3) is 0.100. The Hall–Kier alpha value is -2.97. The van der Waals surface area contributed by atoms with Gasteiger partial charge in [0.25, 0.3) is 0 Å². The van der Waals surface area contributed by atoms with Crippen LogP contribution in [-0.4, -0.2) is 12.9 Å². The van der Waals surface area contributed by atoms with Crippen LogP contribution in [0.3, 0.4) is 0 Å². The molecule has 0 saturated carbocycles. The molecule has 1 aliphatic heterocycles. The minimum atomic E-state index is -0.366. The van der Waals surface area contributed by atoms with E-state index in [4.69, 9.17) is 9.47 Å². The molecule has 5 heteroatoms. The molecule has 0 unspecified atom stereocenters. The monoisotopic (exact) mass is 349 g/mol. The number of hydrogen-bond donors (Lipinski definition) is 0. The first-order chi connectivity index (χ1) is 12.1. The highest BCUT2D eigenvalue weighted by atomic mass is 32.2. The highest BCUT2D eigenvalue weighted by Gasteiger charge is 2.27. The summed E-state index contributed by atoms with van der Waals surface area (Å²) in [6.07, 6.45) is 0. The van der Waals surface area contributed by atoms with Crippen LogP contribution in [0.25, 0.3) is 5.76 Å². The van der Waals surface area contributed by atoms with Crippen molar-refractivity contribution in [3.63, 3.8) is 0 Å². The fourth-order valence-corrected chi connectivity index (χ4v) is 3.30. The summed E-state index contributed by atoms with van der Waals surface area (Å²) in [6, 6.07) is 18.3. The lowest BCUT2D eigenvalue weighted by atomic mass is 10.1. The molecule has 1 aliphatic rings. The summed E-state index contributed by atoms with van der Waals surface area (Å²) in [5.41, 5.74) is 1.33. The first kappa shape index (κ1) is 16.9. The van der Waals surface area contributed by atoms with E-state index in [1.807, 2.05) is 43.3 Å². The maximum Gasteiger partial charge on any atom is 0.207 e. The molecule has 0 spiro atoms. The smallest absolute Gasteiger partial charge is 0.207 e. The molecule has 0 aliphatic carbocycles. The Morgan fingerprint density at radius 3 is 2.40 bits per heavy atom. The molecule has 0 fully saturated rings. The van der Waals surface area contributed by atoms with Crippen LogP contribution in [-0.2, 0) is 4.74 Å². The number of nitriles is 1. The predicted octanol–water partition coefficient (Wildman–Crippen LogP) is 4.77. The van der Waals surface area contributed by atoms with Crippen molar-refractivity contribution in [2.45, 2.75) is 6.92 Å². The average molecular weight is 349 g/mol. The van der Waals surface area contributed by atoms with Gasteiger partial charge < -0.3 is 9.47 Å². The molecule has 4 nitrogen and oxygen atoms in total. The van der Waals surface area contributed by atoms with Crippen molar-refractivity contribution in [3.05, 3.63) is 81.3 Å². The van der Waals surface area contributed by atoms with Gasteiger partial charge in [-0.2, -0.15) is 5.26 Å². The Bertz CT molecular complexity index is 906. The molecule has 0 N–H and O–H groups in total. The van der Waals surface area contributed by atoms with Crippen LogP contribution in [0.4, 0.5) is 0 Å². The number of allylic oxidation sites excluding steroid dienone is 2. The molecule has 1 heterocycles. The Kier molecular flexibility index (Phi) is 4.92. The zero-order chi connectivity index (χ0) is 17.8. The third-order valence-corrected chi connectivity index (χ3v) is 4.66. The molecule has 124 valence electrons. The molecule has 0 amide bonds. The van der Waals surface area contributed by atoms with E-state index in [9.17, 15) is 10.1 Å². The molecule has 0 atom stereocenters. The van der Waals surface area contributed by atoms with Crippen LogP contribution >= 0.6 is 11.8 Å². The van der Waals surface area contributed by atoms with Crippen molar-refractivity contribution >= 4 is 23.3 Å². The Labute approximate surface area is 150 Å². The molecule has 2 aromatic carbocycles. The van der Waals surface area contributed by atoms with E-state index in [2.05, 4.69) is 0 Å². The summed E-state index contributed by atoms with van der Waals surface area (Å²) in [5, 5.41) is 9.82. The van der Waals surface area contributed by atoms with Crippen LogP contribution in [0.1, 0.15) is 22.8 Å². The van der Waals surface area contributed by atoms with Crippen LogP contribution < -0.4 is 4.74 Å². The molecule has 0 bridgehead atoms. The number of ether oxygens (including phenoxy) is 2. The number of benzene rings is 2. The largest absolute Gasteiger partial charge is 0.497 e. The zero-order valence-corrected chi connectivity index (χ0v) is 14.6. The fourth-order valence-electron chi connectivity index (χ4n) is 2.40. The van der Waals surface area contributed by atoms with Crippen molar-refractivity contribution in [3.8, 4) is 11.8 Å². The van der Waals surface area contributed by atoms with Crippen LogP contribution in [0, 0.1) is 11.3 Å². The van der Waals surface area contributed by atoms with Gasteiger partial charge in [0.15, 0.2) is 5.09 Å². The third kappa shape index (κ3) is 3.44. The number of thioether (sulfide) groups is 1. The molecule has 2 aromatic rings. The van der Waals surface area contributed by atoms with Crippen molar-refractivity contribution in [2.75, 3.05) is 7.11 Å². The molecular weight excluding hydrogens is 334 g/mol. The van der Waals surface area contributed by atoms with E-state index in [1.165, 1.54) is 11.8 Å². The molecule has 3 rings (SSSR count). The lowest BCUT2D eigenvalue weighted by Crippen LogP contribution is -2.04. The lowest BCUT2D eigenvalue weighted by molar-refractivity contribution is 0.103. The number of hydrogen-bond acceptors (Lipinski definition) is 5. The summed E-state index contributed by atoms with van der Waals surface area (Å²) in [6.45, 7) is 1.91. The van der Waals surface area contributed by atoms with Crippen LogP contribution in [0.5, 0.6) is 5.75 Å². The maximum absolute atomic E-state index is 12.7. The SMILES string of the molecule is COc1ccc(C(=O)/C(C#N)=C2/OC(c3ccccc3)=C(C)S2)cc1. The zero-order valence-electron chi connectivity index (χ0n) is 13.8. The molecule has 25 heavy (non-hydrogen) atoms. The minimum Gasteiger partial charge on any atom is -0.497 e. The highest BCUT2D eigenvalue weighted by molar-refractivity contribution is 8.07. The van der Waals surface area contributed by atoms with Gasteiger partial charge >= 0.3 is 0 Å². The van der Waals surface area contributed by atoms with Gasteiger partial charge in [0.1, 0.15) is 23.2 Å². The quantitative estimate of drug-likeness (QED) is 0.452. The number of ketones is 1. The standard InChI is InChI=1S/C20H15NO3S/c1-13-19(15-6-4-3-5-7-15)24-20(25-13)17(12-21)18(22)14-8-10-16(23-2)11-9-14/h3-11H,1-2H3/b20-17-. The summed E-state index contributed by atoms with van der Waals surface area (Å²) in [5.74, 6) is 0.962. The number of methoxy groups -OCH3 is 1. The van der Waals surface area contributed by atoms with Gasteiger partial charge in [-0.05, 0) is 31.2 Å². The number of carbonyl (C=O) groups excluding carboxylic acids is 1. The Balaban J connectivity index is 1.90. The molecule has 0 radical (unpaired) electrons. The van der Waals surface area contributed by atoms with E-state index < -0.39 is 0 Å². The van der Waals surface area contributed by atoms with Crippen molar-refractivity contribution < 1.29 is 14.3 Å². The normalized spacial score (nSPS) is 15.4. The van der Waals surface area contributed by atoms with E-state index in [-0.39, 0.29) is 11.4 Å². The maximum atomic E-state index is 12.7. The molecule has 0 aromatic heterocycles. The van der Waals surface area contributed by atoms with Gasteiger partial charge in [-0.25, -0.2) is 0 Å². The summed E-state index contributed by atoms with van der Waals surface area (Å²) >= 11 is 1.30. The minimum absolute atomic E-state index is 0.000415. The van der Waals surface area contributed by atoms with E-state index in [1.54, 1.807) is 31.4 Å². The number of nitrogens with zero attached hydrogens (tertiary/aromatic N) is 1. The van der Waals surface area contributed by atoms with Crippen molar-refractivity contribution in [1.82, 2.24) is 0 Å². The number of Topliss-reactive ketones (excluding diaryl/α,β-unsaturated/α-hetero) is 1. The summed E-state index contributed by atoms with van der Waals surface area (Å²) in [4.78, 5) is 13.6.